The smallest absolute Gasteiger partial charge is 0.339 e. The van der Waals surface area contributed by atoms with Crippen LogP contribution < -0.4 is 5.63 Å². The summed E-state index contributed by atoms with van der Waals surface area (Å²) in [5, 5.41) is 9.31. The predicted molar refractivity (Wildman–Crippen MR) is 70.1 cm³/mol. The monoisotopic (exact) mass is 266 g/mol. The Kier molecular flexibility index (Phi) is 5.85. The van der Waals surface area contributed by atoms with Gasteiger partial charge in [0.25, 0.3) is 0 Å². The van der Waals surface area contributed by atoms with Gasteiger partial charge in [-0.15, -0.1) is 0 Å². The fraction of sp³-hybridized carbons (Fsp3) is 0.429. The Morgan fingerprint density at radius 3 is 2.89 bits per heavy atom. The third kappa shape index (κ3) is 5.42. The van der Waals surface area contributed by atoms with Gasteiger partial charge in [0.2, 0.25) is 0 Å². The van der Waals surface area contributed by atoms with Gasteiger partial charge in [-0.05, 0) is 19.8 Å². The van der Waals surface area contributed by atoms with Gasteiger partial charge in [-0.2, -0.15) is 0 Å². The maximum absolute atomic E-state index is 11.1. The standard InChI is InChI=1S/C14H18O5/c1-3-18-13(16)7-5-4-6-10(2)12-8-11(15)9-14(17)19-12/h5,7-10,15H,3-4,6H2,1-2H3/b7-5+. The third-order valence-corrected chi connectivity index (χ3v) is 2.57. The summed E-state index contributed by atoms with van der Waals surface area (Å²) in [6, 6.07) is 2.46. The fourth-order valence-corrected chi connectivity index (χ4v) is 1.58. The molecule has 1 unspecified atom stereocenters. The van der Waals surface area contributed by atoms with Crippen LogP contribution in [0.3, 0.4) is 0 Å². The average molecular weight is 266 g/mol. The topological polar surface area (TPSA) is 76.7 Å². The Bertz CT molecular complexity index is 501. The SMILES string of the molecule is CCOC(=O)/C=C/CCC(C)c1cc(O)cc(=O)o1. The van der Waals surface area contributed by atoms with E-state index in [1.807, 2.05) is 6.92 Å². The lowest BCUT2D eigenvalue weighted by Crippen LogP contribution is -2.02. The third-order valence-electron chi connectivity index (χ3n) is 2.57. The van der Waals surface area contributed by atoms with E-state index in [2.05, 4.69) is 0 Å². The summed E-state index contributed by atoms with van der Waals surface area (Å²) >= 11 is 0. The molecule has 0 aliphatic carbocycles. The van der Waals surface area contributed by atoms with Gasteiger partial charge < -0.3 is 14.3 Å². The molecule has 1 atom stereocenters. The first-order valence-electron chi connectivity index (χ1n) is 6.20. The van der Waals surface area contributed by atoms with Crippen LogP contribution in [0.1, 0.15) is 38.4 Å². The number of esters is 1. The van der Waals surface area contributed by atoms with Gasteiger partial charge in [-0.3, -0.25) is 0 Å². The second-order valence-electron chi connectivity index (χ2n) is 4.17. The van der Waals surface area contributed by atoms with Gasteiger partial charge in [0.15, 0.2) is 0 Å². The van der Waals surface area contributed by atoms with Crippen molar-refractivity contribution >= 4 is 5.97 Å². The highest BCUT2D eigenvalue weighted by molar-refractivity contribution is 5.81. The van der Waals surface area contributed by atoms with Crippen LogP contribution in [-0.2, 0) is 9.53 Å². The minimum atomic E-state index is -0.566. The quantitative estimate of drug-likeness (QED) is 0.631. The van der Waals surface area contributed by atoms with Crippen molar-refractivity contribution in [1.29, 1.82) is 0 Å². The van der Waals surface area contributed by atoms with Crippen molar-refractivity contribution in [3.8, 4) is 5.75 Å². The number of allylic oxidation sites excluding steroid dienone is 1. The Morgan fingerprint density at radius 2 is 2.26 bits per heavy atom. The molecule has 1 heterocycles. The van der Waals surface area contributed by atoms with E-state index < -0.39 is 5.63 Å². The van der Waals surface area contributed by atoms with Gasteiger partial charge in [0.05, 0.1) is 12.7 Å². The molecule has 1 aromatic rings. The molecule has 0 bridgehead atoms. The maximum Gasteiger partial charge on any atom is 0.339 e. The number of ether oxygens (including phenoxy) is 1. The van der Waals surface area contributed by atoms with E-state index in [-0.39, 0.29) is 17.6 Å². The predicted octanol–water partition coefficient (Wildman–Crippen LogP) is 2.35. The maximum atomic E-state index is 11.1. The minimum Gasteiger partial charge on any atom is -0.508 e. The van der Waals surface area contributed by atoms with E-state index in [9.17, 15) is 14.7 Å². The van der Waals surface area contributed by atoms with Crippen LogP contribution in [0.5, 0.6) is 5.75 Å². The second kappa shape index (κ2) is 7.41. The van der Waals surface area contributed by atoms with Crippen molar-refractivity contribution in [2.75, 3.05) is 6.61 Å². The normalized spacial score (nSPS) is 12.5. The van der Waals surface area contributed by atoms with Crippen molar-refractivity contribution in [2.45, 2.75) is 32.6 Å². The first-order valence-corrected chi connectivity index (χ1v) is 6.20. The minimum absolute atomic E-state index is 0.0216. The number of aromatic hydroxyl groups is 1. The van der Waals surface area contributed by atoms with Gasteiger partial charge in [-0.25, -0.2) is 9.59 Å². The Labute approximate surface area is 111 Å². The van der Waals surface area contributed by atoms with Crippen LogP contribution in [0.15, 0.2) is 33.5 Å². The second-order valence-corrected chi connectivity index (χ2v) is 4.17. The van der Waals surface area contributed by atoms with Crippen LogP contribution in [0.2, 0.25) is 0 Å². The van der Waals surface area contributed by atoms with E-state index in [0.717, 1.165) is 6.07 Å². The largest absolute Gasteiger partial charge is 0.508 e. The first-order chi connectivity index (χ1) is 9.02. The summed E-state index contributed by atoms with van der Waals surface area (Å²) in [4.78, 5) is 22.2. The molecule has 0 aliphatic rings. The summed E-state index contributed by atoms with van der Waals surface area (Å²) in [6.45, 7) is 3.99. The van der Waals surface area contributed by atoms with Gasteiger partial charge >= 0.3 is 11.6 Å². The zero-order valence-corrected chi connectivity index (χ0v) is 11.1. The molecule has 1 aromatic heterocycles. The van der Waals surface area contributed by atoms with Gasteiger partial charge in [0, 0.05) is 18.1 Å². The lowest BCUT2D eigenvalue weighted by molar-refractivity contribution is -0.137. The number of carbonyl (C=O) groups excluding carboxylic acids is 1. The average Bonchev–Trinajstić information content (AvgIpc) is 2.33. The molecule has 1 rings (SSSR count). The van der Waals surface area contributed by atoms with E-state index >= 15 is 0 Å². The summed E-state index contributed by atoms with van der Waals surface area (Å²) in [5.41, 5.74) is -0.566. The van der Waals surface area contributed by atoms with Crippen LogP contribution in [0.25, 0.3) is 0 Å². The molecule has 0 fully saturated rings. The van der Waals surface area contributed by atoms with Crippen LogP contribution in [-0.4, -0.2) is 17.7 Å². The van der Waals surface area contributed by atoms with Crippen molar-refractivity contribution in [3.05, 3.63) is 40.5 Å². The van der Waals surface area contributed by atoms with Crippen molar-refractivity contribution < 1.29 is 19.1 Å². The first kappa shape index (κ1) is 15.0. The molecular weight excluding hydrogens is 248 g/mol. The molecule has 5 heteroatoms. The molecule has 0 spiro atoms. The fourth-order valence-electron chi connectivity index (χ4n) is 1.58. The molecule has 1 N–H and O–H groups in total. The number of hydrogen-bond acceptors (Lipinski definition) is 5. The molecule has 0 aromatic carbocycles. The van der Waals surface area contributed by atoms with Crippen molar-refractivity contribution in [2.24, 2.45) is 0 Å². The number of rotatable bonds is 6. The zero-order valence-electron chi connectivity index (χ0n) is 11.1. The molecule has 0 saturated carbocycles. The molecular formula is C14H18O5. The van der Waals surface area contributed by atoms with E-state index in [1.54, 1.807) is 13.0 Å². The van der Waals surface area contributed by atoms with Crippen LogP contribution in [0, 0.1) is 0 Å². The molecule has 0 amide bonds. The van der Waals surface area contributed by atoms with Crippen LogP contribution >= 0.6 is 0 Å². The Morgan fingerprint density at radius 1 is 1.53 bits per heavy atom. The summed E-state index contributed by atoms with van der Waals surface area (Å²) in [5.74, 6) is -0.0413. The summed E-state index contributed by atoms with van der Waals surface area (Å²) in [6.07, 6.45) is 4.45. The molecule has 0 aliphatic heterocycles. The highest BCUT2D eigenvalue weighted by atomic mass is 16.5. The molecule has 0 radical (unpaired) electrons. The highest BCUT2D eigenvalue weighted by Gasteiger charge is 2.09. The van der Waals surface area contributed by atoms with Gasteiger partial charge in [-0.1, -0.05) is 13.0 Å². The van der Waals surface area contributed by atoms with E-state index in [4.69, 9.17) is 9.15 Å². The Hall–Kier alpha value is -2.04. The lowest BCUT2D eigenvalue weighted by atomic mass is 10.0. The van der Waals surface area contributed by atoms with Gasteiger partial charge in [0.1, 0.15) is 11.5 Å². The zero-order chi connectivity index (χ0) is 14.3. The highest BCUT2D eigenvalue weighted by Crippen LogP contribution is 2.22. The summed E-state index contributed by atoms with van der Waals surface area (Å²) in [7, 11) is 0. The molecule has 104 valence electrons. The number of carbonyl (C=O) groups is 1. The molecule has 0 saturated heterocycles. The number of hydrogen-bond donors (Lipinski definition) is 1. The van der Waals surface area contributed by atoms with Crippen molar-refractivity contribution in [1.82, 2.24) is 0 Å². The molecule has 5 nitrogen and oxygen atoms in total. The van der Waals surface area contributed by atoms with E-state index in [1.165, 1.54) is 12.1 Å². The summed E-state index contributed by atoms with van der Waals surface area (Å²) < 4.78 is 9.75. The van der Waals surface area contributed by atoms with E-state index in [0.29, 0.717) is 25.2 Å². The van der Waals surface area contributed by atoms with Crippen LogP contribution in [0.4, 0.5) is 0 Å². The van der Waals surface area contributed by atoms with Crippen molar-refractivity contribution in [3.63, 3.8) is 0 Å². The molecule has 19 heavy (non-hydrogen) atoms. The Balaban J connectivity index is 2.49. The lowest BCUT2D eigenvalue weighted by Gasteiger charge is -2.08.